The molecule has 4 fully saturated rings. The normalized spacial score (nSPS) is 47.8. The van der Waals surface area contributed by atoms with Gasteiger partial charge in [-0.15, -0.1) is 0 Å². The van der Waals surface area contributed by atoms with Crippen molar-refractivity contribution in [3.05, 3.63) is 0 Å². The van der Waals surface area contributed by atoms with Crippen LogP contribution in [0, 0.1) is 34.5 Å². The van der Waals surface area contributed by atoms with E-state index in [0.717, 1.165) is 23.7 Å². The summed E-state index contributed by atoms with van der Waals surface area (Å²) in [6.45, 7) is 9.56. The van der Waals surface area contributed by atoms with Crippen LogP contribution in [0.3, 0.4) is 0 Å². The summed E-state index contributed by atoms with van der Waals surface area (Å²) in [6, 6.07) is 0. The molecular weight excluding hydrogens is 244 g/mol. The Kier molecular flexibility index (Phi) is 2.58. The van der Waals surface area contributed by atoms with Crippen LogP contribution in [0.1, 0.15) is 66.2 Å². The van der Waals surface area contributed by atoms with E-state index in [4.69, 9.17) is 10.2 Å². The van der Waals surface area contributed by atoms with E-state index >= 15 is 0 Å². The van der Waals surface area contributed by atoms with Crippen molar-refractivity contribution in [3.8, 4) is 0 Å². The lowest BCUT2D eigenvalue weighted by atomic mass is 9.75. The molecule has 0 N–H and O–H groups in total. The average Bonchev–Trinajstić information content (AvgIpc) is 3.07. The van der Waals surface area contributed by atoms with E-state index in [9.17, 15) is 0 Å². The molecule has 4 rings (SSSR count). The first kappa shape index (κ1) is 13.0. The molecule has 2 heteroatoms. The van der Waals surface area contributed by atoms with Gasteiger partial charge in [-0.05, 0) is 62.2 Å². The van der Waals surface area contributed by atoms with Gasteiger partial charge in [0.2, 0.25) is 0 Å². The molecule has 4 saturated carbocycles. The van der Waals surface area contributed by atoms with E-state index in [2.05, 4.69) is 27.7 Å². The summed E-state index contributed by atoms with van der Waals surface area (Å²) in [6.07, 6.45) is 8.26. The first-order valence-electron chi connectivity index (χ1n) is 8.57. The van der Waals surface area contributed by atoms with Crippen molar-refractivity contribution in [2.45, 2.75) is 66.2 Å². The second-order valence-corrected chi connectivity index (χ2v) is 8.83. The highest BCUT2D eigenvalue weighted by molar-refractivity contribution is 5.98. The lowest BCUT2D eigenvalue weighted by Gasteiger charge is -2.32. The Morgan fingerprint density at radius 1 is 0.700 bits per heavy atom. The van der Waals surface area contributed by atoms with Gasteiger partial charge in [0.25, 0.3) is 0 Å². The van der Waals surface area contributed by atoms with Crippen molar-refractivity contribution in [1.82, 2.24) is 0 Å². The quantitative estimate of drug-likeness (QED) is 0.618. The third-order valence-corrected chi connectivity index (χ3v) is 7.27. The highest BCUT2D eigenvalue weighted by Gasteiger charge is 2.52. The van der Waals surface area contributed by atoms with Gasteiger partial charge in [0.15, 0.2) is 0 Å². The summed E-state index contributed by atoms with van der Waals surface area (Å²) in [5.41, 5.74) is 3.43. The van der Waals surface area contributed by atoms with Gasteiger partial charge < -0.3 is 0 Å². The van der Waals surface area contributed by atoms with Gasteiger partial charge in [0.1, 0.15) is 0 Å². The fourth-order valence-electron chi connectivity index (χ4n) is 5.77. The Bertz CT molecular complexity index is 452. The molecule has 0 spiro atoms. The summed E-state index contributed by atoms with van der Waals surface area (Å²) < 4.78 is 0. The van der Waals surface area contributed by atoms with E-state index in [-0.39, 0.29) is 0 Å². The first-order valence-corrected chi connectivity index (χ1v) is 8.57. The molecular formula is C18H28N2. The molecule has 2 nitrogen and oxygen atoms in total. The van der Waals surface area contributed by atoms with Crippen LogP contribution in [0.25, 0.3) is 0 Å². The van der Waals surface area contributed by atoms with Crippen LogP contribution in [0.5, 0.6) is 0 Å². The van der Waals surface area contributed by atoms with Gasteiger partial charge in [-0.1, -0.05) is 27.7 Å². The third-order valence-electron chi connectivity index (χ3n) is 7.27. The topological polar surface area (TPSA) is 24.7 Å². The molecule has 0 unspecified atom stereocenters. The van der Waals surface area contributed by atoms with Gasteiger partial charge in [-0.25, -0.2) is 0 Å². The zero-order valence-corrected chi connectivity index (χ0v) is 13.4. The van der Waals surface area contributed by atoms with Gasteiger partial charge in [-0.3, -0.25) is 0 Å². The van der Waals surface area contributed by atoms with Crippen molar-refractivity contribution in [3.63, 3.8) is 0 Å². The lowest BCUT2D eigenvalue weighted by molar-refractivity contribution is 0.330. The Balaban J connectivity index is 1.67. The SMILES string of the molecule is CC1(C)/C(=N\N=C2\[C@@H]3CC[C@@H](C3)C2(C)C)[C@H]2CC[C@@H]1C2. The maximum atomic E-state index is 4.86. The van der Waals surface area contributed by atoms with Gasteiger partial charge in [-0.2, -0.15) is 10.2 Å². The Morgan fingerprint density at radius 3 is 1.40 bits per heavy atom. The molecule has 0 amide bonds. The minimum Gasteiger partial charge on any atom is -0.159 e. The summed E-state index contributed by atoms with van der Waals surface area (Å²) in [5.74, 6) is 3.20. The standard InChI is InChI=1S/C18H28N2/c1-17(2)13-7-5-11(9-13)15(17)19-20-16-12-6-8-14(10-12)18(16,3)4/h11-14H,5-10H2,1-4H3/b19-15-,20-16-/t11-,12+,13+,14-. The smallest absolute Gasteiger partial charge is 0.0495 e. The molecule has 4 bridgehead atoms. The zero-order valence-electron chi connectivity index (χ0n) is 13.4. The second kappa shape index (κ2) is 3.96. The molecule has 0 radical (unpaired) electrons. The van der Waals surface area contributed by atoms with E-state index in [1.165, 1.54) is 49.9 Å². The van der Waals surface area contributed by atoms with Crippen LogP contribution in [0.2, 0.25) is 0 Å². The van der Waals surface area contributed by atoms with Crippen molar-refractivity contribution in [1.29, 1.82) is 0 Å². The van der Waals surface area contributed by atoms with Crippen LogP contribution in [-0.2, 0) is 0 Å². The number of nitrogens with zero attached hydrogens (tertiary/aromatic N) is 2. The van der Waals surface area contributed by atoms with Gasteiger partial charge in [0.05, 0.1) is 0 Å². The molecule has 0 aliphatic heterocycles. The Hall–Kier alpha value is -0.660. The molecule has 110 valence electrons. The highest BCUT2D eigenvalue weighted by Crippen LogP contribution is 2.55. The van der Waals surface area contributed by atoms with E-state index in [0.29, 0.717) is 10.8 Å². The molecule has 20 heavy (non-hydrogen) atoms. The maximum absolute atomic E-state index is 4.86. The summed E-state index contributed by atoms with van der Waals surface area (Å²) >= 11 is 0. The van der Waals surface area contributed by atoms with Crippen LogP contribution >= 0.6 is 0 Å². The fraction of sp³-hybridized carbons (Fsp3) is 0.889. The number of rotatable bonds is 1. The monoisotopic (exact) mass is 272 g/mol. The summed E-state index contributed by atoms with van der Waals surface area (Å²) in [4.78, 5) is 0. The minimum atomic E-state index is 0.300. The Labute approximate surface area is 123 Å². The molecule has 0 aromatic carbocycles. The molecule has 0 heterocycles. The molecule has 4 aliphatic rings. The largest absolute Gasteiger partial charge is 0.159 e. The van der Waals surface area contributed by atoms with Crippen molar-refractivity contribution in [2.24, 2.45) is 44.7 Å². The minimum absolute atomic E-state index is 0.300. The number of fused-ring (bicyclic) bond motifs is 4. The average molecular weight is 272 g/mol. The van der Waals surface area contributed by atoms with E-state index < -0.39 is 0 Å². The summed E-state index contributed by atoms with van der Waals surface area (Å²) in [7, 11) is 0. The summed E-state index contributed by atoms with van der Waals surface area (Å²) in [5, 5.41) is 9.72. The third kappa shape index (κ3) is 1.57. The predicted octanol–water partition coefficient (Wildman–Crippen LogP) is 4.70. The molecule has 0 aromatic heterocycles. The van der Waals surface area contributed by atoms with E-state index in [1.54, 1.807) is 0 Å². The molecule has 4 atom stereocenters. The van der Waals surface area contributed by atoms with Crippen LogP contribution < -0.4 is 0 Å². The van der Waals surface area contributed by atoms with Crippen LogP contribution in [0.4, 0.5) is 0 Å². The zero-order chi connectivity index (χ0) is 14.1. The molecule has 4 aliphatic carbocycles. The first-order chi connectivity index (χ1) is 9.40. The van der Waals surface area contributed by atoms with Gasteiger partial charge in [0, 0.05) is 22.3 Å². The predicted molar refractivity (Wildman–Crippen MR) is 84.1 cm³/mol. The number of hydrogen-bond acceptors (Lipinski definition) is 2. The van der Waals surface area contributed by atoms with Crippen molar-refractivity contribution in [2.75, 3.05) is 0 Å². The molecule has 0 aromatic rings. The highest BCUT2D eigenvalue weighted by atomic mass is 15.2. The second-order valence-electron chi connectivity index (χ2n) is 8.83. The lowest BCUT2D eigenvalue weighted by Crippen LogP contribution is -2.32. The maximum Gasteiger partial charge on any atom is 0.0495 e. The van der Waals surface area contributed by atoms with Crippen LogP contribution in [-0.4, -0.2) is 11.4 Å². The van der Waals surface area contributed by atoms with E-state index in [1.807, 2.05) is 0 Å². The molecule has 0 saturated heterocycles. The van der Waals surface area contributed by atoms with Crippen molar-refractivity contribution < 1.29 is 0 Å². The number of hydrogen-bond donors (Lipinski definition) is 0. The van der Waals surface area contributed by atoms with Gasteiger partial charge >= 0.3 is 0 Å². The Morgan fingerprint density at radius 2 is 1.10 bits per heavy atom. The fourth-order valence-corrected chi connectivity index (χ4v) is 5.77. The van der Waals surface area contributed by atoms with Crippen LogP contribution in [0.15, 0.2) is 10.2 Å². The van der Waals surface area contributed by atoms with Crippen molar-refractivity contribution >= 4 is 11.4 Å².